The van der Waals surface area contributed by atoms with Crippen molar-refractivity contribution in [3.8, 4) is 5.75 Å². The van der Waals surface area contributed by atoms with Crippen LogP contribution in [-0.4, -0.2) is 41.5 Å². The van der Waals surface area contributed by atoms with Crippen LogP contribution in [0.5, 0.6) is 5.75 Å². The molecular formula is C29H25BrCl2N2O4S. The summed E-state index contributed by atoms with van der Waals surface area (Å²) in [7, 11) is 0. The second kappa shape index (κ2) is 13.0. The fraction of sp³-hybridized carbons (Fsp3) is 0.207. The first-order valence-electron chi connectivity index (χ1n) is 12.2. The van der Waals surface area contributed by atoms with Gasteiger partial charge in [-0.25, -0.2) is 0 Å². The SMILES string of the molecule is CCN(CC)c1ccc(/C=C2/SC(=O)N(CC(=O)c3ccc(Br)cc3)C2=O)c(OCc2ccc(Cl)cc2Cl)c1. The molecule has 1 heterocycles. The zero-order valence-electron chi connectivity index (χ0n) is 21.2. The van der Waals surface area contributed by atoms with E-state index in [0.29, 0.717) is 26.9 Å². The molecule has 1 aliphatic rings. The zero-order valence-corrected chi connectivity index (χ0v) is 25.2. The summed E-state index contributed by atoms with van der Waals surface area (Å²) >= 11 is 16.5. The maximum Gasteiger partial charge on any atom is 0.293 e. The Labute approximate surface area is 250 Å². The lowest BCUT2D eigenvalue weighted by atomic mass is 10.1. The largest absolute Gasteiger partial charge is 0.488 e. The number of imide groups is 1. The van der Waals surface area contributed by atoms with E-state index in [-0.39, 0.29) is 23.8 Å². The molecule has 2 amide bonds. The lowest BCUT2D eigenvalue weighted by molar-refractivity contribution is -0.122. The summed E-state index contributed by atoms with van der Waals surface area (Å²) < 4.78 is 7.01. The van der Waals surface area contributed by atoms with Gasteiger partial charge in [-0.3, -0.25) is 19.3 Å². The third-order valence-corrected chi connectivity index (χ3v) is 8.18. The van der Waals surface area contributed by atoms with Crippen LogP contribution >= 0.6 is 50.9 Å². The minimum Gasteiger partial charge on any atom is -0.488 e. The molecule has 0 bridgehead atoms. The average Bonchev–Trinajstić information content (AvgIpc) is 3.17. The molecule has 1 fully saturated rings. The first-order valence-corrected chi connectivity index (χ1v) is 14.6. The number of anilines is 1. The molecule has 39 heavy (non-hydrogen) atoms. The van der Waals surface area contributed by atoms with Crippen LogP contribution in [0.2, 0.25) is 10.0 Å². The van der Waals surface area contributed by atoms with Crippen LogP contribution in [0, 0.1) is 0 Å². The van der Waals surface area contributed by atoms with Crippen molar-refractivity contribution in [2.45, 2.75) is 20.5 Å². The van der Waals surface area contributed by atoms with E-state index in [1.54, 1.807) is 48.5 Å². The number of carbonyl (C=O) groups is 3. The number of carbonyl (C=O) groups excluding carboxylic acids is 3. The number of rotatable bonds is 10. The van der Waals surface area contributed by atoms with Gasteiger partial charge in [-0.15, -0.1) is 0 Å². The number of Topliss-reactive ketones (excluding diaryl/α,β-unsaturated/α-hetero) is 1. The molecule has 0 aliphatic carbocycles. The van der Waals surface area contributed by atoms with Gasteiger partial charge in [-0.2, -0.15) is 0 Å². The molecule has 3 aromatic rings. The Kier molecular flexibility index (Phi) is 9.77. The Morgan fingerprint density at radius 2 is 1.74 bits per heavy atom. The number of amides is 2. The van der Waals surface area contributed by atoms with Crippen LogP contribution in [0.25, 0.3) is 6.08 Å². The van der Waals surface area contributed by atoms with Crippen LogP contribution in [0.1, 0.15) is 35.3 Å². The van der Waals surface area contributed by atoms with E-state index in [9.17, 15) is 14.4 Å². The number of halogens is 3. The van der Waals surface area contributed by atoms with Gasteiger partial charge in [0.25, 0.3) is 11.1 Å². The van der Waals surface area contributed by atoms with Crippen LogP contribution in [0.15, 0.2) is 70.0 Å². The Balaban J connectivity index is 1.60. The number of nitrogens with zero attached hydrogens (tertiary/aromatic N) is 2. The number of ketones is 1. The summed E-state index contributed by atoms with van der Waals surface area (Å²) in [4.78, 5) is 41.9. The number of hydrogen-bond acceptors (Lipinski definition) is 6. The molecule has 1 aliphatic heterocycles. The Bertz CT molecular complexity index is 1440. The Hall–Kier alpha value is -2.78. The number of thioether (sulfide) groups is 1. The average molecular weight is 648 g/mol. The van der Waals surface area contributed by atoms with Crippen molar-refractivity contribution in [1.29, 1.82) is 0 Å². The lowest BCUT2D eigenvalue weighted by Gasteiger charge is -2.22. The van der Waals surface area contributed by atoms with Crippen LogP contribution in [0.3, 0.4) is 0 Å². The van der Waals surface area contributed by atoms with Gasteiger partial charge in [-0.05, 0) is 68.1 Å². The minimum absolute atomic E-state index is 0.182. The summed E-state index contributed by atoms with van der Waals surface area (Å²) in [5, 5.41) is 0.523. The van der Waals surface area contributed by atoms with Crippen molar-refractivity contribution in [3.05, 3.63) is 96.8 Å². The van der Waals surface area contributed by atoms with Gasteiger partial charge in [0.15, 0.2) is 5.78 Å². The molecule has 0 radical (unpaired) electrons. The van der Waals surface area contributed by atoms with Crippen molar-refractivity contribution in [3.63, 3.8) is 0 Å². The standard InChI is InChI=1S/C29H25BrCl2N2O4S/c1-3-33(4-2)23-12-8-19(26(15-23)38-17-20-7-11-22(31)14-24(20)32)13-27-28(36)34(29(37)39-27)16-25(35)18-5-9-21(30)10-6-18/h5-15H,3-4,16-17H2,1-2H3/b27-13+. The molecule has 4 rings (SSSR count). The lowest BCUT2D eigenvalue weighted by Crippen LogP contribution is -2.33. The molecule has 3 aromatic carbocycles. The number of hydrogen-bond donors (Lipinski definition) is 0. The highest BCUT2D eigenvalue weighted by Gasteiger charge is 2.36. The van der Waals surface area contributed by atoms with E-state index in [1.165, 1.54) is 0 Å². The molecule has 202 valence electrons. The molecule has 10 heteroatoms. The van der Waals surface area contributed by atoms with Crippen molar-refractivity contribution in [1.82, 2.24) is 4.90 Å². The Morgan fingerprint density at radius 1 is 1.03 bits per heavy atom. The monoisotopic (exact) mass is 646 g/mol. The van der Waals surface area contributed by atoms with Crippen LogP contribution in [-0.2, 0) is 11.4 Å². The van der Waals surface area contributed by atoms with Crippen molar-refractivity contribution in [2.24, 2.45) is 0 Å². The van der Waals surface area contributed by atoms with Crippen LogP contribution in [0.4, 0.5) is 10.5 Å². The van der Waals surface area contributed by atoms with Crippen molar-refractivity contribution in [2.75, 3.05) is 24.5 Å². The van der Waals surface area contributed by atoms with Crippen molar-refractivity contribution >= 4 is 79.6 Å². The third kappa shape index (κ3) is 7.06. The summed E-state index contributed by atoms with van der Waals surface area (Å²) in [5.41, 5.74) is 2.76. The predicted molar refractivity (Wildman–Crippen MR) is 162 cm³/mol. The van der Waals surface area contributed by atoms with E-state index in [2.05, 4.69) is 34.7 Å². The van der Waals surface area contributed by atoms with E-state index < -0.39 is 11.1 Å². The van der Waals surface area contributed by atoms with Crippen molar-refractivity contribution < 1.29 is 19.1 Å². The van der Waals surface area contributed by atoms with E-state index in [0.717, 1.165) is 45.5 Å². The quantitative estimate of drug-likeness (QED) is 0.164. The smallest absolute Gasteiger partial charge is 0.293 e. The zero-order chi connectivity index (χ0) is 28.1. The molecule has 1 saturated heterocycles. The second-order valence-electron chi connectivity index (χ2n) is 8.62. The fourth-order valence-corrected chi connectivity index (χ4v) is 5.55. The molecule has 0 atom stereocenters. The topological polar surface area (TPSA) is 66.9 Å². The molecule has 0 unspecified atom stereocenters. The highest BCUT2D eigenvalue weighted by molar-refractivity contribution is 9.10. The van der Waals surface area contributed by atoms with Gasteiger partial charge in [0, 0.05) is 56.1 Å². The molecule has 0 spiro atoms. The maximum atomic E-state index is 13.2. The molecule has 0 N–H and O–H groups in total. The third-order valence-electron chi connectivity index (χ3n) is 6.15. The molecule has 0 aromatic heterocycles. The number of ether oxygens (including phenoxy) is 1. The van der Waals surface area contributed by atoms with Gasteiger partial charge in [0.2, 0.25) is 0 Å². The normalized spacial score (nSPS) is 14.3. The summed E-state index contributed by atoms with van der Waals surface area (Å²) in [6.07, 6.45) is 1.62. The maximum absolute atomic E-state index is 13.2. The van der Waals surface area contributed by atoms with Gasteiger partial charge >= 0.3 is 0 Å². The van der Waals surface area contributed by atoms with E-state index >= 15 is 0 Å². The van der Waals surface area contributed by atoms with E-state index in [4.69, 9.17) is 27.9 Å². The Morgan fingerprint density at radius 3 is 2.41 bits per heavy atom. The molecule has 6 nitrogen and oxygen atoms in total. The van der Waals surface area contributed by atoms with E-state index in [1.807, 2.05) is 18.2 Å². The molecule has 0 saturated carbocycles. The van der Waals surface area contributed by atoms with Gasteiger partial charge in [-0.1, -0.05) is 57.3 Å². The minimum atomic E-state index is -0.519. The summed E-state index contributed by atoms with van der Waals surface area (Å²) in [6, 6.07) is 17.7. The summed E-state index contributed by atoms with van der Waals surface area (Å²) in [6.45, 7) is 5.60. The summed E-state index contributed by atoms with van der Waals surface area (Å²) in [5.74, 6) is -0.309. The second-order valence-corrected chi connectivity index (χ2v) is 11.4. The van der Waals surface area contributed by atoms with Gasteiger partial charge < -0.3 is 9.64 Å². The number of benzene rings is 3. The highest BCUT2D eigenvalue weighted by Crippen LogP contribution is 2.36. The predicted octanol–water partition coefficient (Wildman–Crippen LogP) is 8.10. The molecular weight excluding hydrogens is 623 g/mol. The van der Waals surface area contributed by atoms with Crippen LogP contribution < -0.4 is 9.64 Å². The van der Waals surface area contributed by atoms with Gasteiger partial charge in [0.1, 0.15) is 12.4 Å². The van der Waals surface area contributed by atoms with Gasteiger partial charge in [0.05, 0.1) is 11.4 Å². The highest BCUT2D eigenvalue weighted by atomic mass is 79.9. The fourth-order valence-electron chi connectivity index (χ4n) is 4.00. The first-order chi connectivity index (χ1) is 18.7. The first kappa shape index (κ1) is 29.2.